The Hall–Kier alpha value is -2.92. The van der Waals surface area contributed by atoms with E-state index in [2.05, 4.69) is 4.40 Å². The molecule has 8 nitrogen and oxygen atoms in total. The summed E-state index contributed by atoms with van der Waals surface area (Å²) in [5, 5.41) is 0. The minimum absolute atomic E-state index is 0.207. The first-order chi connectivity index (χ1) is 18.9. The maximum absolute atomic E-state index is 11.9. The molecule has 5 rings (SSSR count). The van der Waals surface area contributed by atoms with E-state index in [0.717, 1.165) is 22.9 Å². The molecule has 1 unspecified atom stereocenters. The fraction of sp³-hybridized carbons (Fsp3) is 0.367. The zero-order valence-corrected chi connectivity index (χ0v) is 22.6. The van der Waals surface area contributed by atoms with Crippen LogP contribution in [0.4, 0.5) is 0 Å². The molecule has 3 aromatic carbocycles. The third-order valence-corrected chi connectivity index (χ3v) is 7.30. The standard InChI is InChI=1S/C30H33NO7S/c1-39(32,33)31-17-26-27(35-19-24-13-7-3-8-14-24)28(36-20-25-15-9-4-10-16-25)30(22-37-29(26)38-30)21-34-18-23-11-5-2-6-12-23/h2-17,26-29H,18-22H2,1H3/t26?,27-,28-,29+,30+/m1/s1. The van der Waals surface area contributed by atoms with E-state index in [9.17, 15) is 8.42 Å². The molecule has 3 aromatic rings. The van der Waals surface area contributed by atoms with Crippen LogP contribution in [0.2, 0.25) is 0 Å². The lowest BCUT2D eigenvalue weighted by Crippen LogP contribution is -2.62. The minimum atomic E-state index is -3.63. The first-order valence-corrected chi connectivity index (χ1v) is 14.7. The third kappa shape index (κ3) is 7.19. The fourth-order valence-corrected chi connectivity index (χ4v) is 5.26. The molecule has 0 aliphatic carbocycles. The van der Waals surface area contributed by atoms with E-state index in [1.165, 1.54) is 6.21 Å². The highest BCUT2D eigenvalue weighted by Gasteiger charge is 2.61. The van der Waals surface area contributed by atoms with Crippen molar-refractivity contribution in [3.8, 4) is 0 Å². The normalized spacial score (nSPS) is 26.7. The topological polar surface area (TPSA) is 92.7 Å². The average molecular weight is 552 g/mol. The lowest BCUT2D eigenvalue weighted by atomic mass is 9.84. The predicted octanol–water partition coefficient (Wildman–Crippen LogP) is 4.15. The highest BCUT2D eigenvalue weighted by molar-refractivity contribution is 7.89. The Morgan fingerprint density at radius 3 is 1.95 bits per heavy atom. The van der Waals surface area contributed by atoms with Crippen molar-refractivity contribution in [2.75, 3.05) is 19.5 Å². The van der Waals surface area contributed by atoms with Gasteiger partial charge in [0, 0.05) is 6.21 Å². The van der Waals surface area contributed by atoms with E-state index in [0.29, 0.717) is 19.8 Å². The molecule has 2 aliphatic heterocycles. The number of hydrogen-bond acceptors (Lipinski definition) is 7. The summed E-state index contributed by atoms with van der Waals surface area (Å²) in [7, 11) is -3.63. The minimum Gasteiger partial charge on any atom is -0.374 e. The van der Waals surface area contributed by atoms with Crippen molar-refractivity contribution >= 4 is 16.2 Å². The first-order valence-electron chi connectivity index (χ1n) is 12.9. The maximum Gasteiger partial charge on any atom is 0.249 e. The van der Waals surface area contributed by atoms with E-state index in [4.69, 9.17) is 23.7 Å². The summed E-state index contributed by atoms with van der Waals surface area (Å²) in [6.07, 6.45) is 0.406. The van der Waals surface area contributed by atoms with Crippen LogP contribution in [0.15, 0.2) is 95.4 Å². The van der Waals surface area contributed by atoms with Gasteiger partial charge < -0.3 is 23.7 Å². The summed E-state index contributed by atoms with van der Waals surface area (Å²) in [4.78, 5) is 0. The molecule has 9 heteroatoms. The van der Waals surface area contributed by atoms with Crippen LogP contribution in [0.25, 0.3) is 0 Å². The zero-order valence-electron chi connectivity index (χ0n) is 21.8. The quantitative estimate of drug-likeness (QED) is 0.312. The Kier molecular flexibility index (Phi) is 8.86. The molecule has 0 saturated carbocycles. The Bertz CT molecular complexity index is 1320. The van der Waals surface area contributed by atoms with Gasteiger partial charge in [0.1, 0.15) is 11.7 Å². The van der Waals surface area contributed by atoms with Gasteiger partial charge in [-0.2, -0.15) is 4.40 Å². The molecule has 2 bridgehead atoms. The lowest BCUT2D eigenvalue weighted by Gasteiger charge is -2.45. The van der Waals surface area contributed by atoms with Gasteiger partial charge in [0.05, 0.1) is 51.3 Å². The molecular formula is C30H33NO7S. The predicted molar refractivity (Wildman–Crippen MR) is 147 cm³/mol. The molecule has 0 amide bonds. The number of fused-ring (bicyclic) bond motifs is 2. The van der Waals surface area contributed by atoms with Gasteiger partial charge in [0.15, 0.2) is 6.29 Å². The lowest BCUT2D eigenvalue weighted by molar-refractivity contribution is -0.264. The fourth-order valence-electron chi connectivity index (χ4n) is 4.90. The summed E-state index contributed by atoms with van der Waals surface area (Å²) < 4.78 is 59.4. The van der Waals surface area contributed by atoms with Crippen LogP contribution in [0.1, 0.15) is 16.7 Å². The Labute approximate surface area is 229 Å². The third-order valence-electron chi connectivity index (χ3n) is 6.79. The van der Waals surface area contributed by atoms with Crippen molar-refractivity contribution in [2.45, 2.75) is 43.9 Å². The second kappa shape index (κ2) is 12.5. The molecule has 39 heavy (non-hydrogen) atoms. The van der Waals surface area contributed by atoms with Crippen LogP contribution in [0.5, 0.6) is 0 Å². The molecule has 2 heterocycles. The molecule has 0 spiro atoms. The number of hydrogen-bond donors (Lipinski definition) is 0. The van der Waals surface area contributed by atoms with Crippen LogP contribution in [-0.4, -0.2) is 58.2 Å². The first kappa shape index (κ1) is 27.6. The Balaban J connectivity index is 1.44. The van der Waals surface area contributed by atoms with Crippen LogP contribution < -0.4 is 0 Å². The summed E-state index contributed by atoms with van der Waals surface area (Å²) in [6.45, 7) is 1.42. The zero-order chi connectivity index (χ0) is 27.1. The van der Waals surface area contributed by atoms with Gasteiger partial charge in [0.25, 0.3) is 0 Å². The van der Waals surface area contributed by atoms with Crippen LogP contribution in [-0.2, 0) is 53.5 Å². The second-order valence-corrected chi connectivity index (χ2v) is 11.6. The Morgan fingerprint density at radius 2 is 1.38 bits per heavy atom. The van der Waals surface area contributed by atoms with Gasteiger partial charge in [-0.15, -0.1) is 0 Å². The molecule has 0 N–H and O–H groups in total. The van der Waals surface area contributed by atoms with Gasteiger partial charge in [0.2, 0.25) is 10.0 Å². The van der Waals surface area contributed by atoms with E-state index in [1.54, 1.807) is 0 Å². The van der Waals surface area contributed by atoms with Crippen molar-refractivity contribution in [1.29, 1.82) is 0 Å². The van der Waals surface area contributed by atoms with E-state index < -0.39 is 40.0 Å². The number of nitrogens with zero attached hydrogens (tertiary/aromatic N) is 1. The highest BCUT2D eigenvalue weighted by atomic mass is 32.2. The van der Waals surface area contributed by atoms with E-state index in [-0.39, 0.29) is 13.2 Å². The Morgan fingerprint density at radius 1 is 0.846 bits per heavy atom. The van der Waals surface area contributed by atoms with Crippen LogP contribution in [0, 0.1) is 5.92 Å². The number of ether oxygens (including phenoxy) is 5. The van der Waals surface area contributed by atoms with Crippen LogP contribution >= 0.6 is 0 Å². The summed E-state index contributed by atoms with van der Waals surface area (Å²) in [5.74, 6) is -0.617. The smallest absolute Gasteiger partial charge is 0.249 e. The van der Waals surface area contributed by atoms with E-state index >= 15 is 0 Å². The molecule has 0 aromatic heterocycles. The molecule has 206 valence electrons. The van der Waals surface area contributed by atoms with Gasteiger partial charge in [-0.05, 0) is 16.7 Å². The van der Waals surface area contributed by atoms with Crippen molar-refractivity contribution in [2.24, 2.45) is 10.3 Å². The largest absolute Gasteiger partial charge is 0.374 e. The van der Waals surface area contributed by atoms with Crippen molar-refractivity contribution in [3.63, 3.8) is 0 Å². The number of benzene rings is 3. The van der Waals surface area contributed by atoms with E-state index in [1.807, 2.05) is 91.0 Å². The van der Waals surface area contributed by atoms with Gasteiger partial charge in [-0.3, -0.25) is 0 Å². The highest BCUT2D eigenvalue weighted by Crippen LogP contribution is 2.43. The summed E-state index contributed by atoms with van der Waals surface area (Å²) in [5.41, 5.74) is 2.05. The molecule has 2 aliphatic rings. The van der Waals surface area contributed by atoms with Gasteiger partial charge >= 0.3 is 0 Å². The SMILES string of the molecule is CS(=O)(=O)N=CC1[C@H]2OC[C@](COCc3ccccc3)(O2)[C@H](OCc2ccccc2)[C@@H]1OCc1ccccc1. The van der Waals surface area contributed by atoms with Crippen LogP contribution in [0.3, 0.4) is 0 Å². The molecule has 5 atom stereocenters. The monoisotopic (exact) mass is 551 g/mol. The number of rotatable bonds is 12. The van der Waals surface area contributed by atoms with Crippen molar-refractivity contribution < 1.29 is 32.1 Å². The average Bonchev–Trinajstić information content (AvgIpc) is 3.32. The molecular weight excluding hydrogens is 518 g/mol. The van der Waals surface area contributed by atoms with Gasteiger partial charge in [-0.1, -0.05) is 91.0 Å². The maximum atomic E-state index is 11.9. The van der Waals surface area contributed by atoms with Crippen molar-refractivity contribution in [1.82, 2.24) is 0 Å². The van der Waals surface area contributed by atoms with Gasteiger partial charge in [-0.25, -0.2) is 8.42 Å². The molecule has 2 saturated heterocycles. The molecule has 2 fully saturated rings. The summed E-state index contributed by atoms with van der Waals surface area (Å²) >= 11 is 0. The second-order valence-electron chi connectivity index (χ2n) is 9.88. The molecule has 0 radical (unpaired) electrons. The summed E-state index contributed by atoms with van der Waals surface area (Å²) in [6, 6.07) is 29.5. The van der Waals surface area contributed by atoms with Crippen molar-refractivity contribution in [3.05, 3.63) is 108 Å². The number of sulfonamides is 1.